The molecule has 0 saturated heterocycles. The monoisotopic (exact) mass is 314 g/mol. The predicted octanol–water partition coefficient (Wildman–Crippen LogP) is 4.11. The van der Waals surface area contributed by atoms with E-state index in [-0.39, 0.29) is 6.10 Å². The van der Waals surface area contributed by atoms with E-state index in [2.05, 4.69) is 41.3 Å². The first-order valence-corrected chi connectivity index (χ1v) is 5.97. The third-order valence-corrected chi connectivity index (χ3v) is 3.02. The number of benzene rings is 1. The zero-order chi connectivity index (χ0) is 11.1. The van der Waals surface area contributed by atoms with Crippen LogP contribution in [0.15, 0.2) is 49.1 Å². The maximum Gasteiger partial charge on any atom is 0.102 e. The quantitative estimate of drug-likeness (QED) is 0.587. The third kappa shape index (κ3) is 3.80. The lowest BCUT2D eigenvalue weighted by Crippen LogP contribution is -2.03. The van der Waals surface area contributed by atoms with Crippen molar-refractivity contribution in [3.63, 3.8) is 0 Å². The first-order valence-electron chi connectivity index (χ1n) is 4.89. The van der Waals surface area contributed by atoms with Crippen molar-refractivity contribution in [1.82, 2.24) is 0 Å². The van der Waals surface area contributed by atoms with Crippen molar-refractivity contribution in [3.05, 3.63) is 58.2 Å². The van der Waals surface area contributed by atoms with Crippen molar-refractivity contribution in [1.29, 1.82) is 0 Å². The van der Waals surface area contributed by atoms with Gasteiger partial charge in [-0.25, -0.2) is 0 Å². The summed E-state index contributed by atoms with van der Waals surface area (Å²) in [4.78, 5) is 0. The molecule has 0 saturated carbocycles. The molecule has 15 heavy (non-hydrogen) atoms. The maximum absolute atomic E-state index is 5.69. The van der Waals surface area contributed by atoms with Crippen LogP contribution in [-0.2, 0) is 4.74 Å². The fraction of sp³-hybridized carbons (Fsp3) is 0.231. The molecule has 0 bridgehead atoms. The Morgan fingerprint density at radius 1 is 1.47 bits per heavy atom. The zero-order valence-corrected chi connectivity index (χ0v) is 11.0. The van der Waals surface area contributed by atoms with Gasteiger partial charge in [-0.2, -0.15) is 0 Å². The SMILES string of the molecule is C=CC(OC/C=C/C)c1ccccc1I. The summed E-state index contributed by atoms with van der Waals surface area (Å²) in [6.45, 7) is 6.41. The second-order valence-electron chi connectivity index (χ2n) is 3.08. The molecule has 1 unspecified atom stereocenters. The van der Waals surface area contributed by atoms with Crippen molar-refractivity contribution in [3.8, 4) is 0 Å². The first kappa shape index (κ1) is 12.5. The van der Waals surface area contributed by atoms with Crippen molar-refractivity contribution in [2.24, 2.45) is 0 Å². The summed E-state index contributed by atoms with van der Waals surface area (Å²) in [5.74, 6) is 0. The van der Waals surface area contributed by atoms with E-state index in [9.17, 15) is 0 Å². The Labute approximate surface area is 105 Å². The number of hydrogen-bond acceptors (Lipinski definition) is 1. The lowest BCUT2D eigenvalue weighted by atomic mass is 10.1. The topological polar surface area (TPSA) is 9.23 Å². The van der Waals surface area contributed by atoms with Gasteiger partial charge < -0.3 is 4.74 Å². The minimum atomic E-state index is -0.0192. The van der Waals surface area contributed by atoms with Crippen LogP contribution in [0, 0.1) is 3.57 Å². The van der Waals surface area contributed by atoms with Crippen LogP contribution in [0.4, 0.5) is 0 Å². The van der Waals surface area contributed by atoms with E-state index < -0.39 is 0 Å². The second-order valence-corrected chi connectivity index (χ2v) is 4.24. The summed E-state index contributed by atoms with van der Waals surface area (Å²) in [7, 11) is 0. The van der Waals surface area contributed by atoms with Gasteiger partial charge in [-0.3, -0.25) is 0 Å². The fourth-order valence-electron chi connectivity index (χ4n) is 1.25. The van der Waals surface area contributed by atoms with E-state index in [4.69, 9.17) is 4.74 Å². The molecule has 1 aromatic rings. The van der Waals surface area contributed by atoms with Crippen LogP contribution in [0.1, 0.15) is 18.6 Å². The molecule has 1 aromatic carbocycles. The third-order valence-electron chi connectivity index (χ3n) is 2.03. The van der Waals surface area contributed by atoms with Gasteiger partial charge in [-0.05, 0) is 41.1 Å². The molecule has 1 atom stereocenters. The van der Waals surface area contributed by atoms with Gasteiger partial charge in [0.25, 0.3) is 0 Å². The average Bonchev–Trinajstić information content (AvgIpc) is 2.26. The van der Waals surface area contributed by atoms with Gasteiger partial charge in [0.2, 0.25) is 0 Å². The van der Waals surface area contributed by atoms with E-state index in [1.807, 2.05) is 37.3 Å². The largest absolute Gasteiger partial charge is 0.365 e. The Morgan fingerprint density at radius 2 is 2.20 bits per heavy atom. The van der Waals surface area contributed by atoms with Gasteiger partial charge in [0.05, 0.1) is 6.61 Å². The molecule has 0 aliphatic carbocycles. The highest BCUT2D eigenvalue weighted by molar-refractivity contribution is 14.1. The molecule has 0 heterocycles. The predicted molar refractivity (Wildman–Crippen MR) is 72.9 cm³/mol. The molecule has 1 rings (SSSR count). The van der Waals surface area contributed by atoms with Crippen molar-refractivity contribution >= 4 is 22.6 Å². The van der Waals surface area contributed by atoms with Gasteiger partial charge in [-0.1, -0.05) is 36.4 Å². The molecule has 0 N–H and O–H groups in total. The van der Waals surface area contributed by atoms with Crippen LogP contribution in [0.2, 0.25) is 0 Å². The highest BCUT2D eigenvalue weighted by Crippen LogP contribution is 2.23. The molecule has 0 fully saturated rings. The van der Waals surface area contributed by atoms with Gasteiger partial charge >= 0.3 is 0 Å². The first-order chi connectivity index (χ1) is 7.29. The summed E-state index contributed by atoms with van der Waals surface area (Å²) >= 11 is 2.31. The number of allylic oxidation sites excluding steroid dienone is 1. The van der Waals surface area contributed by atoms with Crippen LogP contribution in [-0.4, -0.2) is 6.61 Å². The van der Waals surface area contributed by atoms with Crippen LogP contribution < -0.4 is 0 Å². The fourth-order valence-corrected chi connectivity index (χ4v) is 1.94. The summed E-state index contributed by atoms with van der Waals surface area (Å²) in [6.07, 6.45) is 5.79. The Morgan fingerprint density at radius 3 is 2.80 bits per heavy atom. The highest BCUT2D eigenvalue weighted by atomic mass is 127. The molecular weight excluding hydrogens is 299 g/mol. The van der Waals surface area contributed by atoms with E-state index in [0.29, 0.717) is 6.61 Å². The van der Waals surface area contributed by atoms with Gasteiger partial charge in [-0.15, -0.1) is 6.58 Å². The number of halogens is 1. The summed E-state index contributed by atoms with van der Waals surface area (Å²) in [6, 6.07) is 8.19. The highest BCUT2D eigenvalue weighted by Gasteiger charge is 2.09. The molecule has 2 heteroatoms. The Bertz CT molecular complexity index is 344. The van der Waals surface area contributed by atoms with Gasteiger partial charge in [0.1, 0.15) is 6.10 Å². The van der Waals surface area contributed by atoms with Crippen LogP contribution in [0.5, 0.6) is 0 Å². The Kier molecular flexibility index (Phi) is 5.65. The van der Waals surface area contributed by atoms with Crippen LogP contribution in [0.3, 0.4) is 0 Å². The van der Waals surface area contributed by atoms with Gasteiger partial charge in [0.15, 0.2) is 0 Å². The van der Waals surface area contributed by atoms with Crippen molar-refractivity contribution in [2.45, 2.75) is 13.0 Å². The lowest BCUT2D eigenvalue weighted by Gasteiger charge is -2.14. The summed E-state index contributed by atoms with van der Waals surface area (Å²) in [5.41, 5.74) is 1.18. The summed E-state index contributed by atoms with van der Waals surface area (Å²) in [5, 5.41) is 0. The van der Waals surface area contributed by atoms with Crippen LogP contribution >= 0.6 is 22.6 Å². The van der Waals surface area contributed by atoms with Crippen molar-refractivity contribution in [2.75, 3.05) is 6.61 Å². The molecule has 0 spiro atoms. The molecule has 0 aliphatic rings. The molecule has 1 nitrogen and oxygen atoms in total. The molecule has 0 radical (unpaired) electrons. The minimum Gasteiger partial charge on any atom is -0.365 e. The molecule has 80 valence electrons. The van der Waals surface area contributed by atoms with E-state index >= 15 is 0 Å². The lowest BCUT2D eigenvalue weighted by molar-refractivity contribution is 0.110. The van der Waals surface area contributed by atoms with Crippen molar-refractivity contribution < 1.29 is 4.74 Å². The summed E-state index contributed by atoms with van der Waals surface area (Å²) < 4.78 is 6.90. The van der Waals surface area contributed by atoms with E-state index in [1.54, 1.807) is 0 Å². The molecule has 0 aliphatic heterocycles. The standard InChI is InChI=1S/C13H15IO/c1-3-5-10-15-13(4-2)11-8-6-7-9-12(11)14/h3-9,13H,2,10H2,1H3/b5-3+. The Balaban J connectivity index is 2.74. The normalized spacial score (nSPS) is 12.9. The number of ether oxygens (including phenoxy) is 1. The maximum atomic E-state index is 5.69. The minimum absolute atomic E-state index is 0.0192. The van der Waals surface area contributed by atoms with Crippen LogP contribution in [0.25, 0.3) is 0 Å². The smallest absolute Gasteiger partial charge is 0.102 e. The second kappa shape index (κ2) is 6.80. The average molecular weight is 314 g/mol. The molecule has 0 aromatic heterocycles. The van der Waals surface area contributed by atoms with E-state index in [1.165, 1.54) is 9.13 Å². The zero-order valence-electron chi connectivity index (χ0n) is 8.82. The van der Waals surface area contributed by atoms with Gasteiger partial charge in [0, 0.05) is 3.57 Å². The number of rotatable bonds is 5. The van der Waals surface area contributed by atoms with E-state index in [0.717, 1.165) is 0 Å². The Hall–Kier alpha value is -0.610. The molecular formula is C13H15IO. The molecule has 0 amide bonds. The number of hydrogen-bond donors (Lipinski definition) is 0.